The van der Waals surface area contributed by atoms with E-state index in [0.717, 1.165) is 24.1 Å². The molecule has 1 spiro atoms. The first-order chi connectivity index (χ1) is 21.7. The van der Waals surface area contributed by atoms with Gasteiger partial charge >= 0.3 is 0 Å². The van der Waals surface area contributed by atoms with Gasteiger partial charge in [0.15, 0.2) is 0 Å². The molecule has 1 N–H and O–H groups in total. The van der Waals surface area contributed by atoms with Gasteiger partial charge in [-0.3, -0.25) is 14.4 Å². The molecular formula is C35H41BrClN3O4S. The number of unbranched alkanes of at least 4 members (excludes halogenated alkanes) is 3. The summed E-state index contributed by atoms with van der Waals surface area (Å²) < 4.78 is -0.788. The first kappa shape index (κ1) is 33.8. The molecule has 0 saturated carbocycles. The lowest BCUT2D eigenvalue weighted by Gasteiger charge is -2.39. The van der Waals surface area contributed by atoms with Gasteiger partial charge in [-0.15, -0.1) is 24.9 Å². The van der Waals surface area contributed by atoms with Crippen LogP contribution in [0.1, 0.15) is 37.7 Å². The molecule has 0 aliphatic carbocycles. The van der Waals surface area contributed by atoms with Crippen LogP contribution in [0.4, 0.5) is 11.4 Å². The number of likely N-dealkylation sites (tertiary alicyclic amines) is 1. The van der Waals surface area contributed by atoms with Gasteiger partial charge in [0.25, 0.3) is 5.91 Å². The van der Waals surface area contributed by atoms with Crippen molar-refractivity contribution >= 4 is 68.4 Å². The third kappa shape index (κ3) is 6.13. The molecule has 3 amide bonds. The third-order valence-electron chi connectivity index (χ3n) is 9.30. The van der Waals surface area contributed by atoms with Crippen LogP contribution in [0.15, 0.2) is 73.8 Å². The topological polar surface area (TPSA) is 81.2 Å². The number of rotatable bonds is 14. The Morgan fingerprint density at radius 2 is 1.73 bits per heavy atom. The van der Waals surface area contributed by atoms with Gasteiger partial charge in [-0.2, -0.15) is 0 Å². The van der Waals surface area contributed by atoms with Crippen molar-refractivity contribution < 1.29 is 19.5 Å². The van der Waals surface area contributed by atoms with Crippen LogP contribution in [0.3, 0.4) is 0 Å². The molecule has 6 atom stereocenters. The normalized spacial score (nSPS) is 26.5. The molecule has 2 bridgehead atoms. The van der Waals surface area contributed by atoms with Crippen LogP contribution in [-0.2, 0) is 14.4 Å². The van der Waals surface area contributed by atoms with E-state index in [2.05, 4.69) is 29.1 Å². The summed E-state index contributed by atoms with van der Waals surface area (Å²) in [6.07, 6.45) is 7.02. The number of carbonyl (C=O) groups is 3. The largest absolute Gasteiger partial charge is 0.396 e. The fourth-order valence-corrected chi connectivity index (χ4v) is 11.4. The number of carbonyl (C=O) groups excluding carboxylic acids is 3. The second-order valence-electron chi connectivity index (χ2n) is 12.0. The molecule has 240 valence electrons. The summed E-state index contributed by atoms with van der Waals surface area (Å²) in [6, 6.07) is 14.2. The summed E-state index contributed by atoms with van der Waals surface area (Å²) >= 11 is 12.2. The summed E-state index contributed by atoms with van der Waals surface area (Å²) in [5, 5.41) is 9.55. The zero-order chi connectivity index (χ0) is 32.3. The maximum Gasteiger partial charge on any atom is 0.251 e. The number of anilines is 2. The number of aliphatic hydroxyl groups is 1. The Balaban J connectivity index is 1.57. The lowest BCUT2D eigenvalue weighted by Crippen LogP contribution is -2.56. The predicted octanol–water partition coefficient (Wildman–Crippen LogP) is 6.40. The third-order valence-corrected chi connectivity index (χ3v) is 12.8. The van der Waals surface area contributed by atoms with Gasteiger partial charge in [0.1, 0.15) is 6.04 Å². The number of para-hydroxylation sites is 2. The maximum absolute atomic E-state index is 15.0. The highest BCUT2D eigenvalue weighted by atomic mass is 79.9. The van der Waals surface area contributed by atoms with Gasteiger partial charge in [0.2, 0.25) is 11.8 Å². The smallest absolute Gasteiger partial charge is 0.251 e. The molecule has 7 nitrogen and oxygen atoms in total. The van der Waals surface area contributed by atoms with E-state index < -0.39 is 22.6 Å². The van der Waals surface area contributed by atoms with E-state index in [1.165, 1.54) is 0 Å². The lowest BCUT2D eigenvalue weighted by atomic mass is 9.70. The van der Waals surface area contributed by atoms with Gasteiger partial charge in [-0.1, -0.05) is 82.9 Å². The summed E-state index contributed by atoms with van der Waals surface area (Å²) in [6.45, 7) is 10.8. The van der Waals surface area contributed by atoms with Crippen molar-refractivity contribution in [2.24, 2.45) is 11.8 Å². The molecule has 3 unspecified atom stereocenters. The van der Waals surface area contributed by atoms with E-state index in [1.54, 1.807) is 44.7 Å². The number of amides is 3. The van der Waals surface area contributed by atoms with Crippen LogP contribution in [0.5, 0.6) is 0 Å². The van der Waals surface area contributed by atoms with Crippen LogP contribution in [0.25, 0.3) is 0 Å². The molecular weight excluding hydrogens is 674 g/mol. The zero-order valence-electron chi connectivity index (χ0n) is 25.6. The first-order valence-corrected chi connectivity index (χ1v) is 17.8. The SMILES string of the molecule is C=CCN(C(=O)[C@H]1[C@@H]2SC3(CC2Br)C(C(=O)N(CC=C)c2c(C)cccc2Cl)N(CCCCCCO)C(=O)[C@H]13)c1ccccc1. The monoisotopic (exact) mass is 713 g/mol. The highest BCUT2D eigenvalue weighted by Gasteiger charge is 2.76. The van der Waals surface area contributed by atoms with E-state index in [0.29, 0.717) is 43.1 Å². The second kappa shape index (κ2) is 14.4. The van der Waals surface area contributed by atoms with Crippen molar-refractivity contribution in [2.45, 2.75) is 59.9 Å². The van der Waals surface area contributed by atoms with E-state index in [9.17, 15) is 19.5 Å². The fourth-order valence-electron chi connectivity index (χ4n) is 7.45. The lowest BCUT2D eigenvalue weighted by molar-refractivity contribution is -0.139. The number of alkyl halides is 1. The van der Waals surface area contributed by atoms with E-state index in [1.807, 2.05) is 49.4 Å². The quantitative estimate of drug-likeness (QED) is 0.139. The predicted molar refractivity (Wildman–Crippen MR) is 187 cm³/mol. The number of thioether (sulfide) groups is 1. The van der Waals surface area contributed by atoms with Crippen LogP contribution in [0.2, 0.25) is 5.02 Å². The molecule has 3 fully saturated rings. The Bertz CT molecular complexity index is 1420. The van der Waals surface area contributed by atoms with Gasteiger partial charge < -0.3 is 19.8 Å². The van der Waals surface area contributed by atoms with E-state index >= 15 is 0 Å². The second-order valence-corrected chi connectivity index (χ2v) is 15.2. The summed E-state index contributed by atoms with van der Waals surface area (Å²) in [7, 11) is 0. The number of hydrogen-bond acceptors (Lipinski definition) is 5. The van der Waals surface area contributed by atoms with Crippen LogP contribution in [0, 0.1) is 18.8 Å². The van der Waals surface area contributed by atoms with Crippen molar-refractivity contribution in [1.29, 1.82) is 0 Å². The van der Waals surface area contributed by atoms with Gasteiger partial charge in [0.05, 0.1) is 27.3 Å². The number of aryl methyl sites for hydroxylation is 1. The molecule has 10 heteroatoms. The molecule has 2 aromatic rings. The Labute approximate surface area is 283 Å². The number of fused-ring (bicyclic) bond motifs is 1. The molecule has 3 aliphatic heterocycles. The molecule has 2 aromatic carbocycles. The summed E-state index contributed by atoms with van der Waals surface area (Å²) in [4.78, 5) is 49.2. The van der Waals surface area contributed by atoms with Crippen LogP contribution in [-0.4, -0.2) is 74.8 Å². The number of benzene rings is 2. The minimum atomic E-state index is -0.788. The molecule has 3 aliphatic rings. The van der Waals surface area contributed by atoms with Gasteiger partial charge in [0, 0.05) is 42.0 Å². The Morgan fingerprint density at radius 3 is 2.40 bits per heavy atom. The first-order valence-electron chi connectivity index (χ1n) is 15.6. The summed E-state index contributed by atoms with van der Waals surface area (Å²) in [5.74, 6) is -1.71. The van der Waals surface area contributed by atoms with Crippen LogP contribution < -0.4 is 9.80 Å². The Morgan fingerprint density at radius 1 is 1.04 bits per heavy atom. The highest BCUT2D eigenvalue weighted by molar-refractivity contribution is 9.09. The Hall–Kier alpha value is -2.59. The van der Waals surface area contributed by atoms with Gasteiger partial charge in [-0.05, 0) is 49.9 Å². The van der Waals surface area contributed by atoms with Crippen molar-refractivity contribution in [3.8, 4) is 0 Å². The van der Waals surface area contributed by atoms with E-state index in [4.69, 9.17) is 11.6 Å². The van der Waals surface area contributed by atoms with Crippen LogP contribution >= 0.6 is 39.3 Å². The van der Waals surface area contributed by atoms with Crippen molar-refractivity contribution in [3.05, 3.63) is 84.4 Å². The minimum absolute atomic E-state index is 0.0448. The van der Waals surface area contributed by atoms with Crippen molar-refractivity contribution in [3.63, 3.8) is 0 Å². The maximum atomic E-state index is 15.0. The number of aliphatic hydroxyl groups excluding tert-OH is 1. The number of nitrogens with zero attached hydrogens (tertiary/aromatic N) is 3. The highest BCUT2D eigenvalue weighted by Crippen LogP contribution is 2.68. The molecule has 45 heavy (non-hydrogen) atoms. The number of halogens is 2. The standard InChI is InChI=1S/C35H41BrClN3O4S/c1-4-18-38(24-15-9-8-10-16-24)32(42)27-28-33(43)40(20-11-6-7-12-21-41)31(35(28)22-25(36)30(27)45-35)34(44)39(19-5-2)29-23(3)14-13-17-26(29)37/h4-5,8-10,13-17,25,27-28,30-31,41H,1-2,6-7,11-12,18-22H2,3H3/t25?,27-,28+,30-,31?,35?/m1/s1. The fraction of sp³-hybridized carbons (Fsp3) is 0.457. The molecule has 0 radical (unpaired) electrons. The number of hydrogen-bond donors (Lipinski definition) is 1. The van der Waals surface area contributed by atoms with Crippen molar-refractivity contribution in [2.75, 3.05) is 36.0 Å². The Kier molecular flexibility index (Phi) is 10.8. The van der Waals surface area contributed by atoms with Crippen molar-refractivity contribution in [1.82, 2.24) is 4.90 Å². The zero-order valence-corrected chi connectivity index (χ0v) is 28.8. The molecule has 3 heterocycles. The average Bonchev–Trinajstić information content (AvgIpc) is 3.62. The molecule has 5 rings (SSSR count). The molecule has 0 aromatic heterocycles. The van der Waals surface area contributed by atoms with Gasteiger partial charge in [-0.25, -0.2) is 0 Å². The summed E-state index contributed by atoms with van der Waals surface area (Å²) in [5.41, 5.74) is 2.21. The van der Waals surface area contributed by atoms with E-state index in [-0.39, 0.29) is 41.0 Å². The molecule has 3 saturated heterocycles. The minimum Gasteiger partial charge on any atom is -0.396 e. The average molecular weight is 715 g/mol.